The third kappa shape index (κ3) is 2.22. The molecule has 0 aliphatic heterocycles. The van der Waals surface area contributed by atoms with E-state index in [1.54, 1.807) is 0 Å². The lowest BCUT2D eigenvalue weighted by Crippen LogP contribution is -2.21. The number of nitrogens with one attached hydrogen (secondary N) is 1. The van der Waals surface area contributed by atoms with Crippen LogP contribution in [-0.4, -0.2) is 5.91 Å². The first-order valence-corrected chi connectivity index (χ1v) is 4.27. The summed E-state index contributed by atoms with van der Waals surface area (Å²) in [5.41, 5.74) is 0.924. The predicted octanol–water partition coefficient (Wildman–Crippen LogP) is 1.85. The molecule has 1 aliphatic carbocycles. The van der Waals surface area contributed by atoms with Crippen LogP contribution in [0, 0.1) is 11.8 Å². The van der Waals surface area contributed by atoms with Crippen molar-refractivity contribution in [3.63, 3.8) is 0 Å². The van der Waals surface area contributed by atoms with Crippen LogP contribution in [0.2, 0.25) is 0 Å². The van der Waals surface area contributed by atoms with Gasteiger partial charge in [-0.25, -0.2) is 0 Å². The largest absolute Gasteiger partial charge is 0.327 e. The molecule has 12 heavy (non-hydrogen) atoms. The van der Waals surface area contributed by atoms with Gasteiger partial charge in [0.05, 0.1) is 0 Å². The van der Waals surface area contributed by atoms with Gasteiger partial charge in [0.25, 0.3) is 0 Å². The number of hydrogen-bond donors (Lipinski definition) is 1. The van der Waals surface area contributed by atoms with Gasteiger partial charge in [0.1, 0.15) is 0 Å². The Balaban J connectivity index is 2.63. The van der Waals surface area contributed by atoms with Gasteiger partial charge in [-0.05, 0) is 17.9 Å². The molecule has 0 aromatic carbocycles. The van der Waals surface area contributed by atoms with Crippen molar-refractivity contribution in [1.29, 1.82) is 0 Å². The molecule has 1 N–H and O–H groups in total. The standard InChI is InChI=1S/C10H15NO/c1-7-4-5-10(6-8(7)2)11-9(3)12/h4-8H,1-3H3,(H,11,12). The van der Waals surface area contributed by atoms with Gasteiger partial charge in [-0.3, -0.25) is 4.79 Å². The van der Waals surface area contributed by atoms with Crippen LogP contribution in [0.5, 0.6) is 0 Å². The second-order valence-corrected chi connectivity index (χ2v) is 3.38. The molecule has 1 amide bonds. The minimum atomic E-state index is -0.00680. The average Bonchev–Trinajstić information content (AvgIpc) is 1.96. The van der Waals surface area contributed by atoms with E-state index in [2.05, 4.69) is 31.3 Å². The Kier molecular flexibility index (Phi) is 2.69. The van der Waals surface area contributed by atoms with Crippen molar-refractivity contribution in [2.24, 2.45) is 11.8 Å². The summed E-state index contributed by atoms with van der Waals surface area (Å²) in [5, 5.41) is 2.77. The number of allylic oxidation sites excluding steroid dienone is 3. The summed E-state index contributed by atoms with van der Waals surface area (Å²) in [7, 11) is 0. The maximum atomic E-state index is 10.7. The van der Waals surface area contributed by atoms with Crippen molar-refractivity contribution in [2.45, 2.75) is 20.8 Å². The van der Waals surface area contributed by atoms with Crippen molar-refractivity contribution in [1.82, 2.24) is 5.32 Å². The molecule has 0 aromatic heterocycles. The number of amides is 1. The Labute approximate surface area is 73.4 Å². The molecule has 2 unspecified atom stereocenters. The first-order valence-electron chi connectivity index (χ1n) is 4.27. The van der Waals surface area contributed by atoms with Crippen molar-refractivity contribution < 1.29 is 4.79 Å². The molecule has 2 heteroatoms. The molecule has 0 spiro atoms. The monoisotopic (exact) mass is 165 g/mol. The van der Waals surface area contributed by atoms with E-state index < -0.39 is 0 Å². The van der Waals surface area contributed by atoms with Crippen LogP contribution in [0.1, 0.15) is 20.8 Å². The van der Waals surface area contributed by atoms with Crippen LogP contribution >= 0.6 is 0 Å². The van der Waals surface area contributed by atoms with Gasteiger partial charge < -0.3 is 5.32 Å². The number of carbonyl (C=O) groups excluding carboxylic acids is 1. The Morgan fingerprint density at radius 1 is 1.42 bits per heavy atom. The maximum absolute atomic E-state index is 10.7. The van der Waals surface area contributed by atoms with E-state index in [0.717, 1.165) is 5.70 Å². The van der Waals surface area contributed by atoms with Crippen LogP contribution in [0.3, 0.4) is 0 Å². The van der Waals surface area contributed by atoms with Crippen LogP contribution in [0.25, 0.3) is 0 Å². The smallest absolute Gasteiger partial charge is 0.221 e. The lowest BCUT2D eigenvalue weighted by molar-refractivity contribution is -0.118. The summed E-state index contributed by atoms with van der Waals surface area (Å²) >= 11 is 0. The lowest BCUT2D eigenvalue weighted by atomic mass is 9.91. The first-order chi connectivity index (χ1) is 5.59. The van der Waals surface area contributed by atoms with E-state index in [9.17, 15) is 4.79 Å². The highest BCUT2D eigenvalue weighted by Gasteiger charge is 2.11. The number of rotatable bonds is 1. The fourth-order valence-corrected chi connectivity index (χ4v) is 1.21. The fourth-order valence-electron chi connectivity index (χ4n) is 1.21. The van der Waals surface area contributed by atoms with Crippen LogP contribution in [-0.2, 0) is 4.79 Å². The zero-order valence-corrected chi connectivity index (χ0v) is 7.79. The molecule has 0 saturated heterocycles. The number of carbonyl (C=O) groups is 1. The van der Waals surface area contributed by atoms with Crippen LogP contribution < -0.4 is 5.32 Å². The van der Waals surface area contributed by atoms with E-state index in [1.807, 2.05) is 6.08 Å². The topological polar surface area (TPSA) is 29.1 Å². The second kappa shape index (κ2) is 3.57. The zero-order chi connectivity index (χ0) is 9.14. The molecule has 2 atom stereocenters. The van der Waals surface area contributed by atoms with Gasteiger partial charge in [0, 0.05) is 12.6 Å². The summed E-state index contributed by atoms with van der Waals surface area (Å²) in [4.78, 5) is 10.7. The first kappa shape index (κ1) is 9.04. The molecule has 2 nitrogen and oxygen atoms in total. The summed E-state index contributed by atoms with van der Waals surface area (Å²) < 4.78 is 0. The van der Waals surface area contributed by atoms with Gasteiger partial charge >= 0.3 is 0 Å². The summed E-state index contributed by atoms with van der Waals surface area (Å²) in [5.74, 6) is 1.08. The molecule has 0 fully saturated rings. The highest BCUT2D eigenvalue weighted by molar-refractivity contribution is 5.75. The van der Waals surface area contributed by atoms with E-state index in [1.165, 1.54) is 6.92 Å². The van der Waals surface area contributed by atoms with Gasteiger partial charge in [-0.15, -0.1) is 0 Å². The SMILES string of the molecule is CC(=O)NC1=CC(C)C(C)C=C1. The lowest BCUT2D eigenvalue weighted by Gasteiger charge is -2.18. The van der Waals surface area contributed by atoms with Gasteiger partial charge in [0.15, 0.2) is 0 Å². The molecular weight excluding hydrogens is 150 g/mol. The molecule has 66 valence electrons. The predicted molar refractivity (Wildman–Crippen MR) is 49.4 cm³/mol. The fraction of sp³-hybridized carbons (Fsp3) is 0.500. The van der Waals surface area contributed by atoms with Gasteiger partial charge in [0.2, 0.25) is 5.91 Å². The highest BCUT2D eigenvalue weighted by Crippen LogP contribution is 2.20. The average molecular weight is 165 g/mol. The molecule has 0 heterocycles. The molecule has 1 rings (SSSR count). The Morgan fingerprint density at radius 2 is 2.08 bits per heavy atom. The van der Waals surface area contributed by atoms with E-state index >= 15 is 0 Å². The summed E-state index contributed by atoms with van der Waals surface area (Å²) in [6, 6.07) is 0. The normalized spacial score (nSPS) is 28.1. The zero-order valence-electron chi connectivity index (χ0n) is 7.79. The van der Waals surface area contributed by atoms with E-state index in [4.69, 9.17) is 0 Å². The van der Waals surface area contributed by atoms with E-state index in [-0.39, 0.29) is 5.91 Å². The summed E-state index contributed by atoms with van der Waals surface area (Å²) in [6.45, 7) is 5.84. The minimum absolute atomic E-state index is 0.00680. The third-order valence-corrected chi connectivity index (χ3v) is 2.17. The molecule has 0 bridgehead atoms. The highest BCUT2D eigenvalue weighted by atomic mass is 16.1. The third-order valence-electron chi connectivity index (χ3n) is 2.17. The van der Waals surface area contributed by atoms with Crippen molar-refractivity contribution in [3.05, 3.63) is 23.9 Å². The minimum Gasteiger partial charge on any atom is -0.327 e. The molecular formula is C10H15NO. The van der Waals surface area contributed by atoms with Crippen LogP contribution in [0.4, 0.5) is 0 Å². The molecule has 0 aromatic rings. The van der Waals surface area contributed by atoms with Crippen molar-refractivity contribution >= 4 is 5.91 Å². The quantitative estimate of drug-likeness (QED) is 0.631. The molecule has 1 aliphatic rings. The van der Waals surface area contributed by atoms with E-state index in [0.29, 0.717) is 11.8 Å². The molecule has 0 saturated carbocycles. The maximum Gasteiger partial charge on any atom is 0.221 e. The summed E-state index contributed by atoms with van der Waals surface area (Å²) in [6.07, 6.45) is 6.17. The Hall–Kier alpha value is -1.05. The number of hydrogen-bond acceptors (Lipinski definition) is 1. The molecule has 0 radical (unpaired) electrons. The van der Waals surface area contributed by atoms with Crippen molar-refractivity contribution in [2.75, 3.05) is 0 Å². The van der Waals surface area contributed by atoms with Crippen LogP contribution in [0.15, 0.2) is 23.9 Å². The van der Waals surface area contributed by atoms with Crippen molar-refractivity contribution in [3.8, 4) is 0 Å². The Morgan fingerprint density at radius 3 is 2.58 bits per heavy atom. The second-order valence-electron chi connectivity index (χ2n) is 3.38. The van der Waals surface area contributed by atoms with Gasteiger partial charge in [-0.1, -0.05) is 26.0 Å². The Bertz CT molecular complexity index is 240. The van der Waals surface area contributed by atoms with Gasteiger partial charge in [-0.2, -0.15) is 0 Å².